The van der Waals surface area contributed by atoms with Crippen molar-refractivity contribution in [3.05, 3.63) is 46.5 Å². The number of ether oxygens (including phenoxy) is 3. The molecule has 0 saturated heterocycles. The fraction of sp³-hybridized carbons (Fsp3) is 0.350. The Balaban J connectivity index is 2.04. The van der Waals surface area contributed by atoms with Crippen LogP contribution in [0.4, 0.5) is 5.69 Å². The SMILES string of the molecule is COc1ccc(Cl)cc1NC(=O)CN(C)Cc1cc(OC)c(OC)cc1C. The van der Waals surface area contributed by atoms with Gasteiger partial charge < -0.3 is 19.5 Å². The zero-order valence-corrected chi connectivity index (χ0v) is 17.0. The predicted molar refractivity (Wildman–Crippen MR) is 107 cm³/mol. The van der Waals surface area contributed by atoms with Crippen LogP contribution in [0.15, 0.2) is 30.3 Å². The van der Waals surface area contributed by atoms with Gasteiger partial charge in [0.2, 0.25) is 5.91 Å². The number of hydrogen-bond acceptors (Lipinski definition) is 5. The molecule has 2 aromatic rings. The first kappa shape index (κ1) is 20.9. The molecule has 0 saturated carbocycles. The lowest BCUT2D eigenvalue weighted by atomic mass is 10.1. The third kappa shape index (κ3) is 5.52. The second-order valence-electron chi connectivity index (χ2n) is 6.20. The van der Waals surface area contributed by atoms with Gasteiger partial charge in [0, 0.05) is 11.6 Å². The number of carbonyl (C=O) groups excluding carboxylic acids is 1. The standard InChI is InChI=1S/C20H25ClN2O4/c1-13-8-18(26-4)19(27-5)9-14(13)11-23(2)12-20(24)22-16-10-15(21)6-7-17(16)25-3/h6-10H,11-12H2,1-5H3,(H,22,24). The summed E-state index contributed by atoms with van der Waals surface area (Å²) in [5.74, 6) is 1.76. The zero-order chi connectivity index (χ0) is 20.0. The van der Waals surface area contributed by atoms with Crippen LogP contribution in [0, 0.1) is 6.92 Å². The third-order valence-electron chi connectivity index (χ3n) is 4.13. The number of anilines is 1. The van der Waals surface area contributed by atoms with E-state index in [0.717, 1.165) is 11.1 Å². The number of methoxy groups -OCH3 is 3. The van der Waals surface area contributed by atoms with E-state index >= 15 is 0 Å². The van der Waals surface area contributed by atoms with Crippen molar-refractivity contribution < 1.29 is 19.0 Å². The van der Waals surface area contributed by atoms with E-state index < -0.39 is 0 Å². The number of aryl methyl sites for hydroxylation is 1. The van der Waals surface area contributed by atoms with Gasteiger partial charge in [-0.3, -0.25) is 9.69 Å². The fourth-order valence-electron chi connectivity index (χ4n) is 2.75. The molecule has 0 fully saturated rings. The summed E-state index contributed by atoms with van der Waals surface area (Å²) in [5, 5.41) is 3.37. The van der Waals surface area contributed by atoms with Crippen molar-refractivity contribution in [2.45, 2.75) is 13.5 Å². The Bertz CT molecular complexity index is 811. The van der Waals surface area contributed by atoms with E-state index in [1.165, 1.54) is 0 Å². The van der Waals surface area contributed by atoms with Crippen molar-refractivity contribution >= 4 is 23.2 Å². The molecule has 27 heavy (non-hydrogen) atoms. The van der Waals surface area contributed by atoms with Gasteiger partial charge >= 0.3 is 0 Å². The van der Waals surface area contributed by atoms with E-state index in [1.807, 2.05) is 31.0 Å². The van der Waals surface area contributed by atoms with Gasteiger partial charge in [-0.25, -0.2) is 0 Å². The number of halogens is 1. The first-order valence-electron chi connectivity index (χ1n) is 8.41. The second-order valence-corrected chi connectivity index (χ2v) is 6.64. The van der Waals surface area contributed by atoms with Crippen LogP contribution in [-0.2, 0) is 11.3 Å². The van der Waals surface area contributed by atoms with Gasteiger partial charge in [-0.05, 0) is 55.4 Å². The number of nitrogens with one attached hydrogen (secondary N) is 1. The molecule has 2 rings (SSSR count). The molecule has 0 aliphatic rings. The summed E-state index contributed by atoms with van der Waals surface area (Å²) in [5.41, 5.74) is 2.67. The lowest BCUT2D eigenvalue weighted by Crippen LogP contribution is -2.30. The molecule has 0 bridgehead atoms. The van der Waals surface area contributed by atoms with E-state index in [-0.39, 0.29) is 12.5 Å². The maximum Gasteiger partial charge on any atom is 0.238 e. The number of nitrogens with zero attached hydrogens (tertiary/aromatic N) is 1. The van der Waals surface area contributed by atoms with E-state index in [1.54, 1.807) is 39.5 Å². The third-order valence-corrected chi connectivity index (χ3v) is 4.37. The first-order chi connectivity index (χ1) is 12.9. The molecule has 1 N–H and O–H groups in total. The molecule has 1 amide bonds. The summed E-state index contributed by atoms with van der Waals surface area (Å²) in [6.45, 7) is 2.80. The molecule has 0 aromatic heterocycles. The summed E-state index contributed by atoms with van der Waals surface area (Å²) < 4.78 is 15.9. The van der Waals surface area contributed by atoms with Crippen LogP contribution in [0.5, 0.6) is 17.2 Å². The molecular weight excluding hydrogens is 368 g/mol. The Morgan fingerprint density at radius 1 is 1.04 bits per heavy atom. The second kappa shape index (κ2) is 9.48. The highest BCUT2D eigenvalue weighted by Gasteiger charge is 2.14. The Morgan fingerprint density at radius 3 is 2.30 bits per heavy atom. The summed E-state index contributed by atoms with van der Waals surface area (Å²) in [7, 11) is 6.64. The molecule has 6 nitrogen and oxygen atoms in total. The topological polar surface area (TPSA) is 60.0 Å². The minimum atomic E-state index is -0.156. The summed E-state index contributed by atoms with van der Waals surface area (Å²) >= 11 is 6.00. The van der Waals surface area contributed by atoms with Gasteiger partial charge in [0.25, 0.3) is 0 Å². The average Bonchev–Trinajstić information content (AvgIpc) is 2.63. The molecule has 0 radical (unpaired) electrons. The van der Waals surface area contributed by atoms with E-state index in [2.05, 4.69) is 5.32 Å². The number of carbonyl (C=O) groups is 1. The van der Waals surface area contributed by atoms with E-state index in [0.29, 0.717) is 34.5 Å². The van der Waals surface area contributed by atoms with Crippen LogP contribution in [0.3, 0.4) is 0 Å². The fourth-order valence-corrected chi connectivity index (χ4v) is 2.92. The molecule has 0 unspecified atom stereocenters. The smallest absolute Gasteiger partial charge is 0.238 e. The number of benzene rings is 2. The Morgan fingerprint density at radius 2 is 1.67 bits per heavy atom. The predicted octanol–water partition coefficient (Wildman–Crippen LogP) is 3.74. The summed E-state index contributed by atoms with van der Waals surface area (Å²) in [4.78, 5) is 14.3. The number of amides is 1. The number of rotatable bonds is 8. The van der Waals surface area contributed by atoms with Gasteiger partial charge in [-0.2, -0.15) is 0 Å². The maximum absolute atomic E-state index is 12.4. The van der Waals surface area contributed by atoms with Crippen LogP contribution in [0.25, 0.3) is 0 Å². The molecular formula is C20H25ClN2O4. The number of likely N-dealkylation sites (N-methyl/N-ethyl adjacent to an activating group) is 1. The van der Waals surface area contributed by atoms with Crippen molar-refractivity contribution in [3.63, 3.8) is 0 Å². The monoisotopic (exact) mass is 392 g/mol. The summed E-state index contributed by atoms with van der Waals surface area (Å²) in [6.07, 6.45) is 0. The maximum atomic E-state index is 12.4. The van der Waals surface area contributed by atoms with Crippen molar-refractivity contribution in [1.82, 2.24) is 4.90 Å². The lowest BCUT2D eigenvalue weighted by Gasteiger charge is -2.19. The minimum Gasteiger partial charge on any atom is -0.495 e. The van der Waals surface area contributed by atoms with Gasteiger partial charge in [-0.1, -0.05) is 11.6 Å². The molecule has 2 aromatic carbocycles. The van der Waals surface area contributed by atoms with Crippen molar-refractivity contribution in [2.75, 3.05) is 40.2 Å². The van der Waals surface area contributed by atoms with Crippen LogP contribution in [-0.4, -0.2) is 45.7 Å². The Kier molecular flexibility index (Phi) is 7.33. The van der Waals surface area contributed by atoms with Crippen molar-refractivity contribution in [3.8, 4) is 17.2 Å². The van der Waals surface area contributed by atoms with Crippen molar-refractivity contribution in [1.29, 1.82) is 0 Å². The van der Waals surface area contributed by atoms with Crippen LogP contribution < -0.4 is 19.5 Å². The Labute approximate surface area is 165 Å². The quantitative estimate of drug-likeness (QED) is 0.741. The molecule has 146 valence electrons. The molecule has 7 heteroatoms. The molecule has 0 spiro atoms. The Hall–Kier alpha value is -2.44. The first-order valence-corrected chi connectivity index (χ1v) is 8.79. The molecule has 0 aliphatic heterocycles. The van der Waals surface area contributed by atoms with Gasteiger partial charge in [-0.15, -0.1) is 0 Å². The zero-order valence-electron chi connectivity index (χ0n) is 16.3. The lowest BCUT2D eigenvalue weighted by molar-refractivity contribution is -0.117. The highest BCUT2D eigenvalue weighted by Crippen LogP contribution is 2.31. The van der Waals surface area contributed by atoms with E-state index in [9.17, 15) is 4.79 Å². The highest BCUT2D eigenvalue weighted by atomic mass is 35.5. The van der Waals surface area contributed by atoms with Gasteiger partial charge in [0.05, 0.1) is 33.6 Å². The van der Waals surface area contributed by atoms with Gasteiger partial charge in [0.1, 0.15) is 5.75 Å². The summed E-state index contributed by atoms with van der Waals surface area (Å²) in [6, 6.07) is 8.95. The van der Waals surface area contributed by atoms with Crippen LogP contribution in [0.1, 0.15) is 11.1 Å². The highest BCUT2D eigenvalue weighted by molar-refractivity contribution is 6.31. The van der Waals surface area contributed by atoms with Crippen molar-refractivity contribution in [2.24, 2.45) is 0 Å². The minimum absolute atomic E-state index is 0.156. The molecule has 0 atom stereocenters. The van der Waals surface area contributed by atoms with Crippen LogP contribution in [0.2, 0.25) is 5.02 Å². The number of hydrogen-bond donors (Lipinski definition) is 1. The van der Waals surface area contributed by atoms with Gasteiger partial charge in [0.15, 0.2) is 11.5 Å². The largest absolute Gasteiger partial charge is 0.495 e. The average molecular weight is 393 g/mol. The molecule has 0 aliphatic carbocycles. The van der Waals surface area contributed by atoms with Crippen LogP contribution >= 0.6 is 11.6 Å². The van der Waals surface area contributed by atoms with E-state index in [4.69, 9.17) is 25.8 Å². The molecule has 0 heterocycles. The normalized spacial score (nSPS) is 10.6.